The second kappa shape index (κ2) is 25.0. The van der Waals surface area contributed by atoms with Gasteiger partial charge in [0.15, 0.2) is 34.7 Å². The highest BCUT2D eigenvalue weighted by molar-refractivity contribution is 5.91. The van der Waals surface area contributed by atoms with Crippen LogP contribution in [0.1, 0.15) is 111 Å². The lowest BCUT2D eigenvalue weighted by Gasteiger charge is -2.21. The average molecular weight is 837 g/mol. The normalized spacial score (nSPS) is 15.3. The van der Waals surface area contributed by atoms with Crippen molar-refractivity contribution in [3.05, 3.63) is 59.7 Å². The number of ether oxygens (including phenoxy) is 3. The van der Waals surface area contributed by atoms with Gasteiger partial charge in [-0.2, -0.15) is 0 Å². The minimum absolute atomic E-state index is 0.0543. The van der Waals surface area contributed by atoms with Crippen LogP contribution < -0.4 is 31.2 Å². The first kappa shape index (κ1) is 48.6. The zero-order chi connectivity index (χ0) is 43.4. The van der Waals surface area contributed by atoms with Crippen molar-refractivity contribution < 1.29 is 55.7 Å². The molecule has 2 aliphatic rings. The van der Waals surface area contributed by atoms with Gasteiger partial charge < -0.3 is 35.9 Å². The van der Waals surface area contributed by atoms with Gasteiger partial charge in [0.05, 0.1) is 12.1 Å². The molecule has 12 nitrogen and oxygen atoms in total. The Morgan fingerprint density at radius 2 is 1.10 bits per heavy atom. The van der Waals surface area contributed by atoms with E-state index in [1.54, 1.807) is 20.8 Å². The Balaban J connectivity index is 0.000000324. The number of hydrogen-bond donors (Lipinski definition) is 4. The number of unbranched alkanes of at least 4 members (excludes halogenated alkanes) is 2. The summed E-state index contributed by atoms with van der Waals surface area (Å²) in [5, 5.41) is 8.26. The van der Waals surface area contributed by atoms with E-state index in [4.69, 9.17) is 19.9 Å². The number of nitrogens with one attached hydrogen (secondary N) is 3. The lowest BCUT2D eigenvalue weighted by molar-refractivity contribution is -0.131. The van der Waals surface area contributed by atoms with Crippen LogP contribution in [-0.4, -0.2) is 73.5 Å². The highest BCUT2D eigenvalue weighted by Gasteiger charge is 2.29. The minimum Gasteiger partial charge on any atom is -0.483 e. The molecule has 2 atom stereocenters. The summed E-state index contributed by atoms with van der Waals surface area (Å²) in [6.07, 6.45) is 10.1. The molecule has 2 saturated carbocycles. The molecule has 16 heteroatoms. The molecule has 4 rings (SSSR count). The van der Waals surface area contributed by atoms with Crippen molar-refractivity contribution in [2.45, 2.75) is 128 Å². The number of amides is 3. The van der Waals surface area contributed by atoms with Gasteiger partial charge in [-0.05, 0) is 116 Å². The predicted octanol–water partition coefficient (Wildman–Crippen LogP) is 7.00. The summed E-state index contributed by atoms with van der Waals surface area (Å²) >= 11 is 0. The summed E-state index contributed by atoms with van der Waals surface area (Å²) < 4.78 is 69.4. The topological polar surface area (TPSA) is 175 Å². The van der Waals surface area contributed by atoms with Gasteiger partial charge in [0.1, 0.15) is 30.4 Å². The molecule has 3 amide bonds. The Morgan fingerprint density at radius 3 is 1.51 bits per heavy atom. The molecule has 0 bridgehead atoms. The number of halogens is 4. The molecule has 0 unspecified atom stereocenters. The summed E-state index contributed by atoms with van der Waals surface area (Å²) in [7, 11) is 0. The zero-order valence-electron chi connectivity index (χ0n) is 34.4. The van der Waals surface area contributed by atoms with E-state index in [0.717, 1.165) is 94.2 Å². The second-order valence-electron chi connectivity index (χ2n) is 16.0. The summed E-state index contributed by atoms with van der Waals surface area (Å²) in [5.74, 6) is -4.77. The van der Waals surface area contributed by atoms with Gasteiger partial charge in [-0.15, -0.1) is 0 Å². The molecule has 2 aliphatic carbocycles. The first-order valence-electron chi connectivity index (χ1n) is 20.5. The number of rotatable bonds is 21. The van der Waals surface area contributed by atoms with Gasteiger partial charge in [0.2, 0.25) is 11.8 Å². The van der Waals surface area contributed by atoms with Crippen LogP contribution in [0.2, 0.25) is 0 Å². The van der Waals surface area contributed by atoms with Crippen LogP contribution in [0.15, 0.2) is 36.4 Å². The molecular formula is C43H60F4N4O8. The number of nitrogens with two attached hydrogens (primary N) is 1. The standard InChI is InChI=1S/C24H34F2N2O5.C19H26F2N2O3/c1-24(2,3)33-23(31)27-13-7-6-10-19(28-22(30)16-8-4-5-9-16)20(29)15-32-21-14-17(25)11-12-18(21)26;20-14-8-9-15(21)18(11-14)26-12-17(24)16(7-3-4-10-22)23-19(25)13-5-1-2-6-13/h11-12,14,16,19H,4-10,13,15H2,1-3H3,(H,27,31)(H,28,30);8-9,11,13,16H,1-7,10,12,22H2,(H,23,25)/t19-;16-/m00/s1. The molecule has 2 aromatic carbocycles. The Hall–Kier alpha value is -4.73. The van der Waals surface area contributed by atoms with Crippen molar-refractivity contribution in [3.8, 4) is 11.5 Å². The number of alkyl carbamates (subject to hydrolysis) is 1. The SMILES string of the molecule is CC(C)(C)OC(=O)NCCCC[C@H](NC(=O)C1CCCC1)C(=O)COc1cc(F)ccc1F.NCCCC[C@H](NC(=O)C1CCCC1)C(=O)COc1cc(F)ccc1F. The van der Waals surface area contributed by atoms with E-state index < -0.39 is 66.0 Å². The first-order valence-corrected chi connectivity index (χ1v) is 20.5. The van der Waals surface area contributed by atoms with Crippen molar-refractivity contribution in [1.82, 2.24) is 16.0 Å². The molecule has 0 aromatic heterocycles. The van der Waals surface area contributed by atoms with E-state index in [1.165, 1.54) is 0 Å². The fourth-order valence-corrected chi connectivity index (χ4v) is 6.73. The summed E-state index contributed by atoms with van der Waals surface area (Å²) in [6, 6.07) is 4.05. The third-order valence-corrected chi connectivity index (χ3v) is 9.92. The number of carbonyl (C=O) groups is 5. The average Bonchev–Trinajstić information content (AvgIpc) is 3.93. The van der Waals surface area contributed by atoms with Crippen LogP contribution in [-0.2, 0) is 23.9 Å². The third-order valence-electron chi connectivity index (χ3n) is 9.92. The van der Waals surface area contributed by atoms with Crippen molar-refractivity contribution >= 4 is 29.5 Å². The maximum atomic E-state index is 13.8. The maximum Gasteiger partial charge on any atom is 0.407 e. The summed E-state index contributed by atoms with van der Waals surface area (Å²) in [6.45, 7) is 5.25. The van der Waals surface area contributed by atoms with Crippen molar-refractivity contribution in [3.63, 3.8) is 0 Å². The molecule has 328 valence electrons. The van der Waals surface area contributed by atoms with Gasteiger partial charge in [0.25, 0.3) is 0 Å². The lowest BCUT2D eigenvalue weighted by atomic mass is 10.0. The van der Waals surface area contributed by atoms with Crippen molar-refractivity contribution in [1.29, 1.82) is 0 Å². The first-order chi connectivity index (χ1) is 28.1. The van der Waals surface area contributed by atoms with Crippen LogP contribution in [0.5, 0.6) is 11.5 Å². The van der Waals surface area contributed by atoms with Gasteiger partial charge in [-0.3, -0.25) is 19.2 Å². The highest BCUT2D eigenvalue weighted by atomic mass is 19.1. The Bertz CT molecular complexity index is 1680. The smallest absolute Gasteiger partial charge is 0.407 e. The quantitative estimate of drug-likeness (QED) is 0.0763. The van der Waals surface area contributed by atoms with E-state index in [0.29, 0.717) is 45.2 Å². The van der Waals surface area contributed by atoms with Gasteiger partial charge in [-0.1, -0.05) is 25.7 Å². The van der Waals surface area contributed by atoms with E-state index in [-0.39, 0.29) is 40.9 Å². The van der Waals surface area contributed by atoms with Crippen molar-refractivity contribution in [2.24, 2.45) is 17.6 Å². The fourth-order valence-electron chi connectivity index (χ4n) is 6.73. The zero-order valence-corrected chi connectivity index (χ0v) is 34.4. The van der Waals surface area contributed by atoms with Crippen LogP contribution in [0.25, 0.3) is 0 Å². The molecule has 0 heterocycles. The number of hydrogen-bond acceptors (Lipinski definition) is 9. The lowest BCUT2D eigenvalue weighted by Crippen LogP contribution is -2.45. The van der Waals surface area contributed by atoms with E-state index in [9.17, 15) is 41.5 Å². The number of ketones is 2. The monoisotopic (exact) mass is 836 g/mol. The Kier molecular flexibility index (Phi) is 20.6. The van der Waals surface area contributed by atoms with E-state index >= 15 is 0 Å². The molecule has 5 N–H and O–H groups in total. The van der Waals surface area contributed by atoms with Gasteiger partial charge in [0, 0.05) is 30.5 Å². The predicted molar refractivity (Wildman–Crippen MR) is 212 cm³/mol. The third kappa shape index (κ3) is 18.4. The summed E-state index contributed by atoms with van der Waals surface area (Å²) in [4.78, 5) is 61.8. The Morgan fingerprint density at radius 1 is 0.678 bits per heavy atom. The second-order valence-corrected chi connectivity index (χ2v) is 16.0. The molecule has 2 aromatic rings. The van der Waals surface area contributed by atoms with Crippen LogP contribution in [0.3, 0.4) is 0 Å². The van der Waals surface area contributed by atoms with Gasteiger partial charge in [-0.25, -0.2) is 22.4 Å². The molecular weight excluding hydrogens is 776 g/mol. The van der Waals surface area contributed by atoms with Crippen LogP contribution >= 0.6 is 0 Å². The molecule has 0 aliphatic heterocycles. The van der Waals surface area contributed by atoms with Crippen molar-refractivity contribution in [2.75, 3.05) is 26.3 Å². The number of carbonyl (C=O) groups excluding carboxylic acids is 5. The maximum absolute atomic E-state index is 13.8. The largest absolute Gasteiger partial charge is 0.483 e. The Labute approximate surface area is 344 Å². The number of benzene rings is 2. The van der Waals surface area contributed by atoms with E-state index in [1.807, 2.05) is 0 Å². The highest BCUT2D eigenvalue weighted by Crippen LogP contribution is 2.26. The molecule has 0 radical (unpaired) electrons. The number of Topliss-reactive ketones (excluding diaryl/α,β-unsaturated/α-hetero) is 2. The minimum atomic E-state index is -0.809. The summed E-state index contributed by atoms with van der Waals surface area (Å²) in [5.41, 5.74) is 4.89. The molecule has 0 spiro atoms. The van der Waals surface area contributed by atoms with Gasteiger partial charge >= 0.3 is 6.09 Å². The molecule has 0 saturated heterocycles. The van der Waals surface area contributed by atoms with Crippen LogP contribution in [0, 0.1) is 35.1 Å². The molecule has 2 fully saturated rings. The molecule has 59 heavy (non-hydrogen) atoms. The van der Waals surface area contributed by atoms with Crippen LogP contribution in [0.4, 0.5) is 22.4 Å². The fraction of sp³-hybridized carbons (Fsp3) is 0.605. The van der Waals surface area contributed by atoms with E-state index in [2.05, 4.69) is 16.0 Å².